The molecule has 2 aromatic rings. The van der Waals surface area contributed by atoms with Crippen molar-refractivity contribution >= 4 is 12.0 Å². The third kappa shape index (κ3) is 3.65. The normalized spacial score (nSPS) is 21.5. The maximum Gasteiger partial charge on any atom is 0.317 e. The minimum absolute atomic E-state index is 0.00928. The van der Waals surface area contributed by atoms with Crippen molar-refractivity contribution in [3.63, 3.8) is 0 Å². The Hall–Kier alpha value is -3.09. The number of benzene rings is 1. The van der Waals surface area contributed by atoms with E-state index in [4.69, 9.17) is 0 Å². The average molecular weight is 380 g/mol. The van der Waals surface area contributed by atoms with Crippen LogP contribution >= 0.6 is 0 Å². The van der Waals surface area contributed by atoms with Crippen molar-refractivity contribution in [1.29, 1.82) is 0 Å². The molecular weight excluding hydrogens is 358 g/mol. The number of likely N-dealkylation sites (tertiary alicyclic amines) is 1. The number of hydrogen-bond donors (Lipinski definition) is 1. The topological polar surface area (TPSA) is 94.5 Å². The SMILES string of the molecule is O=C([O-])[C@H](Cc1ccccc1)NC(=O)N1C[C@@H]2C[C@H](C1)c1cccc(=O)n1C2. The van der Waals surface area contributed by atoms with Crippen molar-refractivity contribution in [2.75, 3.05) is 13.1 Å². The monoisotopic (exact) mass is 380 g/mol. The average Bonchev–Trinajstić information content (AvgIpc) is 2.69. The van der Waals surface area contributed by atoms with Crippen molar-refractivity contribution < 1.29 is 14.7 Å². The predicted octanol–water partition coefficient (Wildman–Crippen LogP) is 0.338. The zero-order valence-electron chi connectivity index (χ0n) is 15.4. The second-order valence-corrected chi connectivity index (χ2v) is 7.61. The number of aromatic nitrogens is 1. The van der Waals surface area contributed by atoms with Gasteiger partial charge in [0, 0.05) is 37.3 Å². The van der Waals surface area contributed by atoms with E-state index >= 15 is 0 Å². The summed E-state index contributed by atoms with van der Waals surface area (Å²) >= 11 is 0. The molecule has 146 valence electrons. The van der Waals surface area contributed by atoms with E-state index in [2.05, 4.69) is 5.32 Å². The van der Waals surface area contributed by atoms with Crippen molar-refractivity contribution in [2.24, 2.45) is 5.92 Å². The number of pyridine rings is 1. The molecule has 0 aliphatic carbocycles. The number of nitrogens with zero attached hydrogens (tertiary/aromatic N) is 2. The Morgan fingerprint density at radius 2 is 1.86 bits per heavy atom. The zero-order chi connectivity index (χ0) is 19.7. The van der Waals surface area contributed by atoms with Gasteiger partial charge in [0.05, 0.1) is 12.0 Å². The Labute approximate surface area is 162 Å². The molecule has 1 aromatic carbocycles. The Morgan fingerprint density at radius 1 is 1.07 bits per heavy atom. The fraction of sp³-hybridized carbons (Fsp3) is 0.381. The van der Waals surface area contributed by atoms with Crippen molar-refractivity contribution in [3.05, 3.63) is 70.1 Å². The first-order valence-corrected chi connectivity index (χ1v) is 9.51. The molecule has 0 radical (unpaired) electrons. The van der Waals surface area contributed by atoms with Crippen LogP contribution < -0.4 is 16.0 Å². The van der Waals surface area contributed by atoms with E-state index in [1.54, 1.807) is 21.6 Å². The Balaban J connectivity index is 1.47. The van der Waals surface area contributed by atoms with Gasteiger partial charge in [0.1, 0.15) is 0 Å². The van der Waals surface area contributed by atoms with Crippen molar-refractivity contribution in [1.82, 2.24) is 14.8 Å². The number of urea groups is 1. The van der Waals surface area contributed by atoms with Crippen LogP contribution in [0.15, 0.2) is 53.3 Å². The number of carboxylic acids is 1. The summed E-state index contributed by atoms with van der Waals surface area (Å²) < 4.78 is 1.80. The lowest BCUT2D eigenvalue weighted by Gasteiger charge is -2.43. The molecule has 7 nitrogen and oxygen atoms in total. The van der Waals surface area contributed by atoms with Gasteiger partial charge >= 0.3 is 6.03 Å². The molecule has 0 spiro atoms. The van der Waals surface area contributed by atoms with Gasteiger partial charge in [0.25, 0.3) is 5.56 Å². The number of rotatable bonds is 4. The maximum absolute atomic E-state index is 12.8. The van der Waals surface area contributed by atoms with E-state index in [1.165, 1.54) is 0 Å². The van der Waals surface area contributed by atoms with E-state index in [0.29, 0.717) is 19.6 Å². The van der Waals surface area contributed by atoms with Gasteiger partial charge in [-0.2, -0.15) is 0 Å². The highest BCUT2D eigenvalue weighted by atomic mass is 16.4. The summed E-state index contributed by atoms with van der Waals surface area (Å²) in [6.07, 6.45) is 1.11. The summed E-state index contributed by atoms with van der Waals surface area (Å²) in [6.45, 7) is 1.56. The highest BCUT2D eigenvalue weighted by Gasteiger charge is 2.36. The number of carbonyl (C=O) groups is 2. The highest BCUT2D eigenvalue weighted by Crippen LogP contribution is 2.34. The van der Waals surface area contributed by atoms with Crippen LogP contribution in [0, 0.1) is 5.92 Å². The van der Waals surface area contributed by atoms with Gasteiger partial charge in [0.15, 0.2) is 0 Å². The minimum atomic E-state index is -1.30. The third-order valence-corrected chi connectivity index (χ3v) is 5.63. The number of piperidine rings is 1. The minimum Gasteiger partial charge on any atom is -0.548 e. The lowest BCUT2D eigenvalue weighted by atomic mass is 9.83. The van der Waals surface area contributed by atoms with Crippen molar-refractivity contribution in [2.45, 2.75) is 31.3 Å². The molecule has 2 aliphatic heterocycles. The van der Waals surface area contributed by atoms with Gasteiger partial charge in [-0.15, -0.1) is 0 Å². The molecule has 1 fully saturated rings. The molecule has 2 amide bonds. The first-order chi connectivity index (χ1) is 13.5. The molecule has 4 rings (SSSR count). The summed E-state index contributed by atoms with van der Waals surface area (Å²) in [5, 5.41) is 14.2. The van der Waals surface area contributed by atoms with E-state index < -0.39 is 18.0 Å². The fourth-order valence-electron chi connectivity index (χ4n) is 4.35. The smallest absolute Gasteiger partial charge is 0.317 e. The number of carbonyl (C=O) groups excluding carboxylic acids is 2. The van der Waals surface area contributed by atoms with Gasteiger partial charge in [-0.1, -0.05) is 36.4 Å². The summed E-state index contributed by atoms with van der Waals surface area (Å²) in [6, 6.07) is 12.9. The van der Waals surface area contributed by atoms with Gasteiger partial charge in [-0.05, 0) is 30.4 Å². The fourth-order valence-corrected chi connectivity index (χ4v) is 4.35. The summed E-state index contributed by atoms with van der Waals surface area (Å²) in [4.78, 5) is 38.1. The summed E-state index contributed by atoms with van der Waals surface area (Å²) in [7, 11) is 0. The molecule has 2 aliphatic rings. The standard InChI is InChI=1S/C21H23N3O4/c25-19-8-4-7-18-16-9-15(12-24(18)19)11-23(13-16)21(28)22-17(20(26)27)10-14-5-2-1-3-6-14/h1-8,15-17H,9-13H2,(H,22,28)(H,26,27)/p-1/t15-,16+,17-/m0/s1. The second-order valence-electron chi connectivity index (χ2n) is 7.61. The second kappa shape index (κ2) is 7.50. The van der Waals surface area contributed by atoms with Crippen LogP contribution in [-0.2, 0) is 17.8 Å². The number of fused-ring (bicyclic) bond motifs is 4. The molecule has 7 heteroatoms. The highest BCUT2D eigenvalue weighted by molar-refractivity contribution is 5.82. The molecule has 28 heavy (non-hydrogen) atoms. The molecular formula is C21H22N3O4-. The number of aliphatic carboxylic acids is 1. The van der Waals surface area contributed by atoms with Gasteiger partial charge in [-0.25, -0.2) is 4.79 Å². The van der Waals surface area contributed by atoms with Gasteiger partial charge < -0.3 is 24.7 Å². The Kier molecular flexibility index (Phi) is 4.90. The molecule has 1 aromatic heterocycles. The largest absolute Gasteiger partial charge is 0.548 e. The number of carboxylic acid groups (broad SMARTS) is 1. The first-order valence-electron chi connectivity index (χ1n) is 9.51. The van der Waals surface area contributed by atoms with Crippen LogP contribution in [0.5, 0.6) is 0 Å². The molecule has 0 unspecified atom stereocenters. The molecule has 3 heterocycles. The summed E-state index contributed by atoms with van der Waals surface area (Å²) in [5.41, 5.74) is 1.76. The van der Waals surface area contributed by atoms with Crippen molar-refractivity contribution in [3.8, 4) is 0 Å². The number of amides is 2. The van der Waals surface area contributed by atoms with Crippen LogP contribution in [0.4, 0.5) is 4.79 Å². The van der Waals surface area contributed by atoms with E-state index in [-0.39, 0.29) is 23.8 Å². The van der Waals surface area contributed by atoms with E-state index in [9.17, 15) is 19.5 Å². The maximum atomic E-state index is 12.8. The Bertz CT molecular complexity index is 940. The first kappa shape index (κ1) is 18.3. The third-order valence-electron chi connectivity index (χ3n) is 5.63. The van der Waals surface area contributed by atoms with Crippen LogP contribution in [-0.4, -0.2) is 40.6 Å². The summed E-state index contributed by atoms with van der Waals surface area (Å²) in [5.74, 6) is -1.03. The molecule has 1 saturated heterocycles. The number of hydrogen-bond acceptors (Lipinski definition) is 4. The zero-order valence-corrected chi connectivity index (χ0v) is 15.4. The predicted molar refractivity (Wildman–Crippen MR) is 101 cm³/mol. The molecule has 1 N–H and O–H groups in total. The Morgan fingerprint density at radius 3 is 2.61 bits per heavy atom. The van der Waals surface area contributed by atoms with Crippen LogP contribution in [0.3, 0.4) is 0 Å². The molecule has 2 bridgehead atoms. The lowest BCUT2D eigenvalue weighted by Crippen LogP contribution is -2.56. The van der Waals surface area contributed by atoms with Crippen LogP contribution in [0.2, 0.25) is 0 Å². The van der Waals surface area contributed by atoms with Gasteiger partial charge in [-0.3, -0.25) is 4.79 Å². The van der Waals surface area contributed by atoms with E-state index in [0.717, 1.165) is 17.7 Å². The van der Waals surface area contributed by atoms with E-state index in [1.807, 2.05) is 36.4 Å². The quantitative estimate of drug-likeness (QED) is 0.828. The van der Waals surface area contributed by atoms with Crippen LogP contribution in [0.25, 0.3) is 0 Å². The molecule has 3 atom stereocenters. The van der Waals surface area contributed by atoms with Gasteiger partial charge in [0.2, 0.25) is 0 Å². The molecule has 0 saturated carbocycles. The number of nitrogens with one attached hydrogen (secondary N) is 1. The van der Waals surface area contributed by atoms with Crippen LogP contribution in [0.1, 0.15) is 23.6 Å². The lowest BCUT2D eigenvalue weighted by molar-refractivity contribution is -0.308.